The molecule has 1 heterocycles. The lowest BCUT2D eigenvalue weighted by molar-refractivity contribution is 0.846. The molecule has 146 valence electrons. The number of hydrogen-bond donors (Lipinski definition) is 0. The van der Waals surface area contributed by atoms with Gasteiger partial charge in [-0.15, -0.1) is 10.2 Å². The molecule has 0 atom stereocenters. The first-order valence-corrected chi connectivity index (χ1v) is 10.8. The molecule has 3 aromatic carbocycles. The molecule has 0 N–H and O–H groups in total. The molecule has 0 unspecified atom stereocenters. The average molecular weight is 400 g/mol. The van der Waals surface area contributed by atoms with Gasteiger partial charge in [0, 0.05) is 17.9 Å². The summed E-state index contributed by atoms with van der Waals surface area (Å²) in [6, 6.07) is 25.7. The number of nitrogens with zero attached hydrogens (tertiary/aromatic N) is 3. The van der Waals surface area contributed by atoms with E-state index in [0.29, 0.717) is 0 Å². The Morgan fingerprint density at radius 3 is 2.31 bits per heavy atom. The Balaban J connectivity index is 1.69. The Labute approximate surface area is 176 Å². The SMILES string of the molecule is Cc1cccc(CSc2nnc(Cc3ccccc3)n2-c2ccc(C)c(C)c2)c1. The highest BCUT2D eigenvalue weighted by molar-refractivity contribution is 7.98. The van der Waals surface area contributed by atoms with Crippen LogP contribution < -0.4 is 0 Å². The summed E-state index contributed by atoms with van der Waals surface area (Å²) in [5.41, 5.74) is 7.51. The third-order valence-corrected chi connectivity index (χ3v) is 6.10. The number of thioether (sulfide) groups is 1. The van der Waals surface area contributed by atoms with E-state index >= 15 is 0 Å². The Morgan fingerprint density at radius 1 is 0.759 bits per heavy atom. The summed E-state index contributed by atoms with van der Waals surface area (Å²) >= 11 is 1.73. The monoisotopic (exact) mass is 399 g/mol. The maximum Gasteiger partial charge on any atom is 0.196 e. The van der Waals surface area contributed by atoms with Gasteiger partial charge >= 0.3 is 0 Å². The minimum atomic E-state index is 0.756. The largest absolute Gasteiger partial charge is 0.274 e. The topological polar surface area (TPSA) is 30.7 Å². The van der Waals surface area contributed by atoms with Crippen LogP contribution in [0.5, 0.6) is 0 Å². The normalized spacial score (nSPS) is 11.0. The zero-order valence-corrected chi connectivity index (χ0v) is 17.9. The van der Waals surface area contributed by atoms with E-state index in [1.807, 2.05) is 6.07 Å². The Hall–Kier alpha value is -2.85. The van der Waals surface area contributed by atoms with E-state index in [9.17, 15) is 0 Å². The minimum Gasteiger partial charge on any atom is -0.274 e. The van der Waals surface area contributed by atoms with E-state index in [1.165, 1.54) is 27.8 Å². The number of benzene rings is 3. The zero-order chi connectivity index (χ0) is 20.2. The molecule has 0 aliphatic carbocycles. The first kappa shape index (κ1) is 19.5. The van der Waals surface area contributed by atoms with Gasteiger partial charge in [-0.3, -0.25) is 4.57 Å². The molecule has 0 amide bonds. The summed E-state index contributed by atoms with van der Waals surface area (Å²) in [6.45, 7) is 6.42. The van der Waals surface area contributed by atoms with Crippen molar-refractivity contribution in [3.8, 4) is 5.69 Å². The van der Waals surface area contributed by atoms with Crippen molar-refractivity contribution in [3.05, 3.63) is 106 Å². The molecule has 0 saturated heterocycles. The van der Waals surface area contributed by atoms with Crippen LogP contribution in [0.4, 0.5) is 0 Å². The fourth-order valence-electron chi connectivity index (χ4n) is 3.36. The van der Waals surface area contributed by atoms with Crippen LogP contribution in [0.2, 0.25) is 0 Å². The maximum absolute atomic E-state index is 4.56. The van der Waals surface area contributed by atoms with Gasteiger partial charge in [0.25, 0.3) is 0 Å². The Morgan fingerprint density at radius 2 is 1.55 bits per heavy atom. The molecule has 4 aromatic rings. The molecule has 0 aliphatic rings. The van der Waals surface area contributed by atoms with Crippen molar-refractivity contribution in [3.63, 3.8) is 0 Å². The second kappa shape index (κ2) is 8.66. The van der Waals surface area contributed by atoms with E-state index in [4.69, 9.17) is 0 Å². The lowest BCUT2D eigenvalue weighted by Gasteiger charge is -2.12. The highest BCUT2D eigenvalue weighted by Crippen LogP contribution is 2.27. The van der Waals surface area contributed by atoms with Crippen molar-refractivity contribution < 1.29 is 0 Å². The first-order valence-electron chi connectivity index (χ1n) is 9.84. The minimum absolute atomic E-state index is 0.756. The summed E-state index contributed by atoms with van der Waals surface area (Å²) in [4.78, 5) is 0. The van der Waals surface area contributed by atoms with Gasteiger partial charge in [-0.25, -0.2) is 0 Å². The van der Waals surface area contributed by atoms with Crippen molar-refractivity contribution in [2.24, 2.45) is 0 Å². The van der Waals surface area contributed by atoms with Gasteiger partial charge < -0.3 is 0 Å². The van der Waals surface area contributed by atoms with Crippen molar-refractivity contribution in [2.75, 3.05) is 0 Å². The van der Waals surface area contributed by atoms with Crippen LogP contribution in [0.25, 0.3) is 5.69 Å². The third kappa shape index (κ3) is 4.60. The Kier molecular flexibility index (Phi) is 5.81. The van der Waals surface area contributed by atoms with Crippen LogP contribution >= 0.6 is 11.8 Å². The Bertz CT molecular complexity index is 1120. The van der Waals surface area contributed by atoms with E-state index < -0.39 is 0 Å². The fraction of sp³-hybridized carbons (Fsp3) is 0.200. The van der Waals surface area contributed by atoms with Gasteiger partial charge in [0.05, 0.1) is 0 Å². The van der Waals surface area contributed by atoms with Crippen molar-refractivity contribution >= 4 is 11.8 Å². The van der Waals surface area contributed by atoms with Crippen LogP contribution in [0.3, 0.4) is 0 Å². The highest BCUT2D eigenvalue weighted by Gasteiger charge is 2.16. The quantitative estimate of drug-likeness (QED) is 0.368. The molecule has 0 fully saturated rings. The predicted molar refractivity (Wildman–Crippen MR) is 121 cm³/mol. The summed E-state index contributed by atoms with van der Waals surface area (Å²) < 4.78 is 2.21. The molecule has 0 radical (unpaired) electrons. The number of aromatic nitrogens is 3. The second-order valence-electron chi connectivity index (χ2n) is 7.44. The molecular formula is C25H25N3S. The standard InChI is InChI=1S/C25H25N3S/c1-18-8-7-11-22(14-18)17-29-25-27-26-24(16-21-9-5-4-6-10-21)28(25)23-13-12-19(2)20(3)15-23/h4-15H,16-17H2,1-3H3. The van der Waals surface area contributed by atoms with Crippen molar-refractivity contribution in [1.82, 2.24) is 14.8 Å². The molecular weight excluding hydrogens is 374 g/mol. The van der Waals surface area contributed by atoms with Gasteiger partial charge in [0.15, 0.2) is 5.16 Å². The van der Waals surface area contributed by atoms with Crippen LogP contribution in [0.15, 0.2) is 78.0 Å². The van der Waals surface area contributed by atoms with Gasteiger partial charge in [-0.2, -0.15) is 0 Å². The average Bonchev–Trinajstić information content (AvgIpc) is 3.12. The van der Waals surface area contributed by atoms with Gasteiger partial charge in [-0.1, -0.05) is 78.0 Å². The second-order valence-corrected chi connectivity index (χ2v) is 8.39. The third-order valence-electron chi connectivity index (χ3n) is 5.10. The first-order chi connectivity index (χ1) is 14.1. The van der Waals surface area contributed by atoms with E-state index in [2.05, 4.69) is 102 Å². The van der Waals surface area contributed by atoms with Crippen molar-refractivity contribution in [1.29, 1.82) is 0 Å². The molecule has 0 aliphatic heterocycles. The lowest BCUT2D eigenvalue weighted by Crippen LogP contribution is -2.04. The smallest absolute Gasteiger partial charge is 0.196 e. The molecule has 0 saturated carbocycles. The van der Waals surface area contributed by atoms with E-state index in [0.717, 1.165) is 28.8 Å². The molecule has 0 spiro atoms. The van der Waals surface area contributed by atoms with Gasteiger partial charge in [0.2, 0.25) is 0 Å². The van der Waals surface area contributed by atoms with E-state index in [1.54, 1.807) is 11.8 Å². The zero-order valence-electron chi connectivity index (χ0n) is 17.1. The summed E-state index contributed by atoms with van der Waals surface area (Å²) in [5.74, 6) is 1.84. The highest BCUT2D eigenvalue weighted by atomic mass is 32.2. The predicted octanol–water partition coefficient (Wildman–Crippen LogP) is 6.08. The maximum atomic E-state index is 4.56. The molecule has 3 nitrogen and oxygen atoms in total. The number of hydrogen-bond acceptors (Lipinski definition) is 3. The van der Waals surface area contributed by atoms with Crippen LogP contribution in [-0.2, 0) is 12.2 Å². The van der Waals surface area contributed by atoms with Gasteiger partial charge in [0.1, 0.15) is 5.82 Å². The molecule has 0 bridgehead atoms. The molecule has 4 heteroatoms. The van der Waals surface area contributed by atoms with Crippen LogP contribution in [-0.4, -0.2) is 14.8 Å². The summed E-state index contributed by atoms with van der Waals surface area (Å²) in [7, 11) is 0. The van der Waals surface area contributed by atoms with Crippen molar-refractivity contribution in [2.45, 2.75) is 38.1 Å². The van der Waals surface area contributed by atoms with Gasteiger partial charge in [-0.05, 0) is 55.2 Å². The van der Waals surface area contributed by atoms with Crippen LogP contribution in [0, 0.1) is 20.8 Å². The fourth-order valence-corrected chi connectivity index (χ4v) is 4.27. The van der Waals surface area contributed by atoms with Crippen LogP contribution in [0.1, 0.15) is 33.6 Å². The van der Waals surface area contributed by atoms with E-state index in [-0.39, 0.29) is 0 Å². The summed E-state index contributed by atoms with van der Waals surface area (Å²) in [5, 5.41) is 10.0. The summed E-state index contributed by atoms with van der Waals surface area (Å²) in [6.07, 6.45) is 0.756. The molecule has 29 heavy (non-hydrogen) atoms. The molecule has 1 aromatic heterocycles. The number of aryl methyl sites for hydroxylation is 3. The number of rotatable bonds is 6. The lowest BCUT2D eigenvalue weighted by atomic mass is 10.1. The molecule has 4 rings (SSSR count).